The van der Waals surface area contributed by atoms with Crippen molar-refractivity contribution in [2.45, 2.75) is 38.0 Å². The van der Waals surface area contributed by atoms with Crippen molar-refractivity contribution in [3.05, 3.63) is 18.2 Å². The Kier molecular flexibility index (Phi) is 4.57. The molecule has 0 saturated carbocycles. The average molecular weight is 282 g/mol. The van der Waals surface area contributed by atoms with Gasteiger partial charge in [-0.2, -0.15) is 0 Å². The number of carboxylic acids is 1. The number of ether oxygens (including phenoxy) is 1. The predicted octanol–water partition coefficient (Wildman–Crippen LogP) is -0.118. The summed E-state index contributed by atoms with van der Waals surface area (Å²) in [5, 5.41) is 14.3. The monoisotopic (exact) mass is 282 g/mol. The summed E-state index contributed by atoms with van der Waals surface area (Å²) in [5.41, 5.74) is 0.648. The molecule has 0 aliphatic carbocycles. The number of urea groups is 1. The lowest BCUT2D eigenvalue weighted by molar-refractivity contribution is -0.139. The van der Waals surface area contributed by atoms with Gasteiger partial charge in [-0.05, 0) is 13.3 Å². The summed E-state index contributed by atoms with van der Waals surface area (Å²) in [4.78, 5) is 29.6. The molecule has 8 heteroatoms. The number of nitrogens with zero attached hydrogens (tertiary/aromatic N) is 1. The van der Waals surface area contributed by atoms with Gasteiger partial charge >= 0.3 is 12.0 Å². The number of aliphatic carboxylic acids is 1. The summed E-state index contributed by atoms with van der Waals surface area (Å²) in [6.07, 6.45) is 3.82. The van der Waals surface area contributed by atoms with Crippen LogP contribution >= 0.6 is 0 Å². The molecule has 0 spiro atoms. The Hall–Kier alpha value is -2.09. The van der Waals surface area contributed by atoms with E-state index in [4.69, 9.17) is 9.84 Å². The Labute approximate surface area is 115 Å². The molecule has 1 aromatic heterocycles. The quantitative estimate of drug-likeness (QED) is 0.601. The van der Waals surface area contributed by atoms with Gasteiger partial charge in [-0.1, -0.05) is 0 Å². The Bertz CT molecular complexity index is 462. The molecular weight excluding hydrogens is 264 g/mol. The fourth-order valence-corrected chi connectivity index (χ4v) is 2.11. The number of H-pyrrole nitrogens is 1. The van der Waals surface area contributed by atoms with Crippen LogP contribution in [0.3, 0.4) is 0 Å². The Morgan fingerprint density at radius 2 is 2.45 bits per heavy atom. The van der Waals surface area contributed by atoms with Gasteiger partial charge in [0.05, 0.1) is 18.5 Å². The first kappa shape index (κ1) is 14.3. The lowest BCUT2D eigenvalue weighted by atomic mass is 10.1. The van der Waals surface area contributed by atoms with Gasteiger partial charge in [-0.25, -0.2) is 14.6 Å². The molecule has 0 radical (unpaired) electrons. The second kappa shape index (κ2) is 6.38. The highest BCUT2D eigenvalue weighted by Gasteiger charge is 2.27. The molecule has 1 fully saturated rings. The minimum absolute atomic E-state index is 0.0587. The molecule has 1 aliphatic heterocycles. The van der Waals surface area contributed by atoms with Crippen LogP contribution in [0, 0.1) is 0 Å². The smallest absolute Gasteiger partial charge is 0.326 e. The van der Waals surface area contributed by atoms with Crippen molar-refractivity contribution in [3.63, 3.8) is 0 Å². The van der Waals surface area contributed by atoms with Crippen LogP contribution in [0.1, 0.15) is 19.0 Å². The van der Waals surface area contributed by atoms with Crippen molar-refractivity contribution in [1.29, 1.82) is 0 Å². The Morgan fingerprint density at radius 3 is 3.00 bits per heavy atom. The summed E-state index contributed by atoms with van der Waals surface area (Å²) in [6, 6.07) is -1.59. The van der Waals surface area contributed by atoms with Crippen LogP contribution in [0.15, 0.2) is 12.5 Å². The van der Waals surface area contributed by atoms with Gasteiger partial charge in [0.15, 0.2) is 0 Å². The molecule has 0 aromatic carbocycles. The van der Waals surface area contributed by atoms with Crippen molar-refractivity contribution in [1.82, 2.24) is 20.6 Å². The van der Waals surface area contributed by atoms with Crippen molar-refractivity contribution in [2.75, 3.05) is 6.61 Å². The third kappa shape index (κ3) is 3.70. The highest BCUT2D eigenvalue weighted by atomic mass is 16.5. The largest absolute Gasteiger partial charge is 0.480 e. The van der Waals surface area contributed by atoms with E-state index in [1.54, 1.807) is 0 Å². The standard InChI is InChI=1S/C12H18N4O4/c1-7-9(2-3-20-7)15-12(19)16-10(11(17)18)4-8-5-13-6-14-8/h5-7,9-10H,2-4H2,1H3,(H,13,14)(H,17,18)(H2,15,16,19)/t7?,9?,10-/m0/s1. The number of carboxylic acid groups (broad SMARTS) is 1. The fraction of sp³-hybridized carbons (Fsp3) is 0.583. The maximum atomic E-state index is 11.8. The SMILES string of the molecule is CC1OCCC1NC(=O)N[C@@H](Cc1cnc[nH]1)C(=O)O. The minimum atomic E-state index is -1.09. The number of hydrogen-bond acceptors (Lipinski definition) is 4. The van der Waals surface area contributed by atoms with E-state index >= 15 is 0 Å². The van der Waals surface area contributed by atoms with Crippen molar-refractivity contribution in [2.24, 2.45) is 0 Å². The maximum Gasteiger partial charge on any atom is 0.326 e. The zero-order chi connectivity index (χ0) is 14.5. The molecule has 8 nitrogen and oxygen atoms in total. The Morgan fingerprint density at radius 1 is 1.65 bits per heavy atom. The van der Waals surface area contributed by atoms with E-state index in [9.17, 15) is 9.59 Å². The van der Waals surface area contributed by atoms with E-state index in [1.807, 2.05) is 6.92 Å². The molecule has 2 amide bonds. The van der Waals surface area contributed by atoms with Gasteiger partial charge in [-0.3, -0.25) is 0 Å². The topological polar surface area (TPSA) is 116 Å². The van der Waals surface area contributed by atoms with E-state index in [-0.39, 0.29) is 18.6 Å². The number of imidazole rings is 1. The normalized spacial score (nSPS) is 23.2. The maximum absolute atomic E-state index is 11.8. The van der Waals surface area contributed by atoms with E-state index in [1.165, 1.54) is 12.5 Å². The summed E-state index contributed by atoms with van der Waals surface area (Å²) >= 11 is 0. The predicted molar refractivity (Wildman–Crippen MR) is 69.2 cm³/mol. The second-order valence-corrected chi connectivity index (χ2v) is 4.76. The average Bonchev–Trinajstić information content (AvgIpc) is 3.01. The molecule has 20 heavy (non-hydrogen) atoms. The zero-order valence-corrected chi connectivity index (χ0v) is 11.1. The minimum Gasteiger partial charge on any atom is -0.480 e. The molecule has 1 aromatic rings. The molecule has 110 valence electrons. The fourth-order valence-electron chi connectivity index (χ4n) is 2.11. The highest BCUT2D eigenvalue weighted by Crippen LogP contribution is 2.12. The van der Waals surface area contributed by atoms with E-state index in [0.717, 1.165) is 6.42 Å². The van der Waals surface area contributed by atoms with Crippen LogP contribution in [0.4, 0.5) is 4.79 Å². The third-order valence-electron chi connectivity index (χ3n) is 3.28. The van der Waals surface area contributed by atoms with Gasteiger partial charge in [0.2, 0.25) is 0 Å². The van der Waals surface area contributed by atoms with Crippen molar-refractivity contribution >= 4 is 12.0 Å². The highest BCUT2D eigenvalue weighted by molar-refractivity contribution is 5.82. The van der Waals surface area contributed by atoms with Gasteiger partial charge in [0.1, 0.15) is 6.04 Å². The number of hydrogen-bond donors (Lipinski definition) is 4. The molecule has 4 N–H and O–H groups in total. The molecule has 1 saturated heterocycles. The molecular formula is C12H18N4O4. The Balaban J connectivity index is 1.87. The third-order valence-corrected chi connectivity index (χ3v) is 3.28. The number of aromatic nitrogens is 2. The molecule has 0 bridgehead atoms. The molecule has 3 atom stereocenters. The van der Waals surface area contributed by atoms with E-state index in [2.05, 4.69) is 20.6 Å². The number of rotatable bonds is 5. The van der Waals surface area contributed by atoms with Crippen LogP contribution in [-0.2, 0) is 16.0 Å². The van der Waals surface area contributed by atoms with E-state index in [0.29, 0.717) is 12.3 Å². The van der Waals surface area contributed by atoms with Crippen LogP contribution in [0.2, 0.25) is 0 Å². The lowest BCUT2D eigenvalue weighted by Gasteiger charge is -2.19. The number of carbonyl (C=O) groups excluding carboxylic acids is 1. The summed E-state index contributed by atoms with van der Waals surface area (Å²) in [5.74, 6) is -1.09. The van der Waals surface area contributed by atoms with Gasteiger partial charge in [0, 0.05) is 24.9 Å². The molecule has 2 heterocycles. The van der Waals surface area contributed by atoms with Crippen molar-refractivity contribution < 1.29 is 19.4 Å². The second-order valence-electron chi connectivity index (χ2n) is 4.76. The first-order valence-electron chi connectivity index (χ1n) is 6.45. The van der Waals surface area contributed by atoms with Gasteiger partial charge in [0.25, 0.3) is 0 Å². The molecule has 1 aliphatic rings. The van der Waals surface area contributed by atoms with E-state index < -0.39 is 18.0 Å². The molecule has 2 rings (SSSR count). The number of aromatic amines is 1. The summed E-state index contributed by atoms with van der Waals surface area (Å²) in [7, 11) is 0. The number of nitrogens with one attached hydrogen (secondary N) is 3. The zero-order valence-electron chi connectivity index (χ0n) is 11.1. The summed E-state index contributed by atoms with van der Waals surface area (Å²) < 4.78 is 5.33. The van der Waals surface area contributed by atoms with Crippen LogP contribution < -0.4 is 10.6 Å². The number of amides is 2. The lowest BCUT2D eigenvalue weighted by Crippen LogP contribution is -2.51. The number of carbonyl (C=O) groups is 2. The van der Waals surface area contributed by atoms with Crippen LogP contribution in [0.25, 0.3) is 0 Å². The molecule has 2 unspecified atom stereocenters. The van der Waals surface area contributed by atoms with Gasteiger partial charge in [-0.15, -0.1) is 0 Å². The first-order valence-corrected chi connectivity index (χ1v) is 6.45. The first-order chi connectivity index (χ1) is 9.56. The van der Waals surface area contributed by atoms with Gasteiger partial charge < -0.3 is 25.5 Å². The van der Waals surface area contributed by atoms with Crippen molar-refractivity contribution in [3.8, 4) is 0 Å². The van der Waals surface area contributed by atoms with Crippen LogP contribution in [-0.4, -0.2) is 51.9 Å². The summed E-state index contributed by atoms with van der Waals surface area (Å²) in [6.45, 7) is 2.47. The van der Waals surface area contributed by atoms with Crippen LogP contribution in [0.5, 0.6) is 0 Å².